The van der Waals surface area contributed by atoms with Gasteiger partial charge in [0.2, 0.25) is 0 Å². The van der Waals surface area contributed by atoms with Gasteiger partial charge in [0.1, 0.15) is 0 Å². The Labute approximate surface area is 121 Å². The van der Waals surface area contributed by atoms with Crippen LogP contribution in [0.5, 0.6) is 0 Å². The number of nitrogens with zero attached hydrogens (tertiary/aromatic N) is 2. The van der Waals surface area contributed by atoms with Gasteiger partial charge in [-0.05, 0) is 32.4 Å². The summed E-state index contributed by atoms with van der Waals surface area (Å²) in [6, 6.07) is 3.46. The first kappa shape index (κ1) is 15.4. The monoisotopic (exact) mass is 297 g/mol. The van der Waals surface area contributed by atoms with E-state index in [4.69, 9.17) is 5.73 Å². The van der Waals surface area contributed by atoms with Gasteiger partial charge in [-0.2, -0.15) is 18.3 Å². The van der Waals surface area contributed by atoms with Crippen molar-refractivity contribution < 1.29 is 13.2 Å². The maximum Gasteiger partial charge on any atom is 0.416 e. The zero-order chi connectivity index (χ0) is 15.8. The lowest BCUT2D eigenvalue weighted by atomic mass is 10.00. The van der Waals surface area contributed by atoms with Crippen LogP contribution in [0.15, 0.2) is 18.2 Å². The molecular weight excluding hydrogens is 279 g/mol. The summed E-state index contributed by atoms with van der Waals surface area (Å²) in [5.41, 5.74) is 8.32. The lowest BCUT2D eigenvalue weighted by Crippen LogP contribution is -2.06. The normalized spacial score (nSPS) is 11.9. The van der Waals surface area contributed by atoms with Crippen molar-refractivity contribution in [3.63, 3.8) is 0 Å². The fraction of sp³-hybridized carbons (Fsp3) is 0.400. The van der Waals surface area contributed by atoms with Crippen molar-refractivity contribution in [2.75, 3.05) is 5.73 Å². The molecule has 0 aliphatic heterocycles. The van der Waals surface area contributed by atoms with Crippen molar-refractivity contribution in [3.05, 3.63) is 35.2 Å². The molecule has 3 nitrogen and oxygen atoms in total. The summed E-state index contributed by atoms with van der Waals surface area (Å²) >= 11 is 0. The first-order valence-corrected chi connectivity index (χ1v) is 6.76. The Morgan fingerprint density at radius 1 is 1.24 bits per heavy atom. The first-order chi connectivity index (χ1) is 9.75. The van der Waals surface area contributed by atoms with E-state index in [1.165, 1.54) is 6.07 Å². The quantitative estimate of drug-likeness (QED) is 0.864. The second kappa shape index (κ2) is 5.42. The van der Waals surface area contributed by atoms with E-state index in [2.05, 4.69) is 5.10 Å². The molecule has 2 aromatic rings. The second-order valence-corrected chi connectivity index (χ2v) is 5.07. The molecule has 0 radical (unpaired) electrons. The highest BCUT2D eigenvalue weighted by Crippen LogP contribution is 2.36. The summed E-state index contributed by atoms with van der Waals surface area (Å²) in [4.78, 5) is 0. The SMILES string of the molecule is CCCn1nc(C)c(-c2ccc(C(F)(F)F)cc2N)c1C. The lowest BCUT2D eigenvalue weighted by Gasteiger charge is -2.11. The molecule has 0 saturated carbocycles. The minimum atomic E-state index is -4.39. The molecule has 0 saturated heterocycles. The lowest BCUT2D eigenvalue weighted by molar-refractivity contribution is -0.137. The minimum Gasteiger partial charge on any atom is -0.398 e. The Morgan fingerprint density at radius 2 is 1.90 bits per heavy atom. The number of hydrogen-bond donors (Lipinski definition) is 1. The van der Waals surface area contributed by atoms with Gasteiger partial charge in [-0.1, -0.05) is 13.0 Å². The molecule has 2 rings (SSSR count). The van der Waals surface area contributed by atoms with Crippen molar-refractivity contribution in [3.8, 4) is 11.1 Å². The average molecular weight is 297 g/mol. The molecule has 0 amide bonds. The largest absolute Gasteiger partial charge is 0.416 e. The highest BCUT2D eigenvalue weighted by atomic mass is 19.4. The Kier molecular flexibility index (Phi) is 3.98. The number of rotatable bonds is 3. The van der Waals surface area contributed by atoms with E-state index in [0.29, 0.717) is 5.56 Å². The van der Waals surface area contributed by atoms with E-state index in [-0.39, 0.29) is 5.69 Å². The highest BCUT2D eigenvalue weighted by molar-refractivity contribution is 5.79. The molecule has 0 aliphatic carbocycles. The first-order valence-electron chi connectivity index (χ1n) is 6.76. The number of aromatic nitrogens is 2. The fourth-order valence-corrected chi connectivity index (χ4v) is 2.48. The zero-order valence-corrected chi connectivity index (χ0v) is 12.3. The van der Waals surface area contributed by atoms with Crippen LogP contribution in [0.1, 0.15) is 30.3 Å². The molecule has 0 atom stereocenters. The van der Waals surface area contributed by atoms with Crippen molar-refractivity contribution >= 4 is 5.69 Å². The van der Waals surface area contributed by atoms with E-state index >= 15 is 0 Å². The van der Waals surface area contributed by atoms with Crippen molar-refractivity contribution in [1.82, 2.24) is 9.78 Å². The van der Waals surface area contributed by atoms with Gasteiger partial charge >= 0.3 is 6.18 Å². The Bertz CT molecular complexity index is 657. The van der Waals surface area contributed by atoms with E-state index in [1.807, 2.05) is 25.5 Å². The Hall–Kier alpha value is -1.98. The fourth-order valence-electron chi connectivity index (χ4n) is 2.48. The van der Waals surface area contributed by atoms with E-state index in [9.17, 15) is 13.2 Å². The summed E-state index contributed by atoms with van der Waals surface area (Å²) in [6.45, 7) is 6.56. The third-order valence-electron chi connectivity index (χ3n) is 3.47. The van der Waals surface area contributed by atoms with Crippen LogP contribution in [0.4, 0.5) is 18.9 Å². The molecule has 0 bridgehead atoms. The molecule has 0 unspecified atom stereocenters. The zero-order valence-electron chi connectivity index (χ0n) is 12.3. The number of benzene rings is 1. The van der Waals surface area contributed by atoms with Gasteiger partial charge in [0, 0.05) is 29.1 Å². The van der Waals surface area contributed by atoms with Crippen LogP contribution in [-0.2, 0) is 12.7 Å². The molecule has 2 N–H and O–H groups in total. The summed E-state index contributed by atoms with van der Waals surface area (Å²) in [5.74, 6) is 0. The molecule has 6 heteroatoms. The van der Waals surface area contributed by atoms with E-state index < -0.39 is 11.7 Å². The van der Waals surface area contributed by atoms with Gasteiger partial charge in [0.15, 0.2) is 0 Å². The van der Waals surface area contributed by atoms with Gasteiger partial charge in [0.25, 0.3) is 0 Å². The number of nitrogens with two attached hydrogens (primary N) is 1. The van der Waals surface area contributed by atoms with Crippen LogP contribution in [0, 0.1) is 13.8 Å². The standard InChI is InChI=1S/C15H18F3N3/c1-4-7-21-10(3)14(9(2)20-21)12-6-5-11(8-13(12)19)15(16,17)18/h5-6,8H,4,7,19H2,1-3H3. The smallest absolute Gasteiger partial charge is 0.398 e. The van der Waals surface area contributed by atoms with Crippen molar-refractivity contribution in [2.45, 2.75) is 39.9 Å². The third-order valence-corrected chi connectivity index (χ3v) is 3.47. The maximum absolute atomic E-state index is 12.7. The van der Waals surface area contributed by atoms with Gasteiger partial charge < -0.3 is 5.73 Å². The number of nitrogen functional groups attached to an aromatic ring is 1. The van der Waals surface area contributed by atoms with E-state index in [0.717, 1.165) is 42.0 Å². The molecule has 1 aromatic carbocycles. The number of hydrogen-bond acceptors (Lipinski definition) is 2. The van der Waals surface area contributed by atoms with Crippen LogP contribution >= 0.6 is 0 Å². The summed E-state index contributed by atoms with van der Waals surface area (Å²) in [7, 11) is 0. The highest BCUT2D eigenvalue weighted by Gasteiger charge is 2.31. The van der Waals surface area contributed by atoms with Crippen molar-refractivity contribution in [2.24, 2.45) is 0 Å². The number of alkyl halides is 3. The molecule has 1 heterocycles. The maximum atomic E-state index is 12.7. The van der Waals surface area contributed by atoms with Crippen molar-refractivity contribution in [1.29, 1.82) is 0 Å². The van der Waals surface area contributed by atoms with Gasteiger partial charge in [-0.15, -0.1) is 0 Å². The Balaban J connectivity index is 2.53. The minimum absolute atomic E-state index is 0.118. The van der Waals surface area contributed by atoms with Crippen LogP contribution in [0.3, 0.4) is 0 Å². The van der Waals surface area contributed by atoms with E-state index in [1.54, 1.807) is 0 Å². The Morgan fingerprint density at radius 3 is 2.43 bits per heavy atom. The van der Waals surface area contributed by atoms with Gasteiger partial charge in [-0.3, -0.25) is 4.68 Å². The molecule has 0 aliphatic rings. The van der Waals surface area contributed by atoms with Gasteiger partial charge in [-0.25, -0.2) is 0 Å². The predicted octanol–water partition coefficient (Wildman–Crippen LogP) is 4.18. The van der Waals surface area contributed by atoms with Crippen LogP contribution in [0.2, 0.25) is 0 Å². The number of halogens is 3. The third kappa shape index (κ3) is 2.89. The van der Waals surface area contributed by atoms with Crippen LogP contribution in [0.25, 0.3) is 11.1 Å². The predicted molar refractivity (Wildman–Crippen MR) is 76.8 cm³/mol. The number of anilines is 1. The van der Waals surface area contributed by atoms with Crippen LogP contribution < -0.4 is 5.73 Å². The van der Waals surface area contributed by atoms with Gasteiger partial charge in [0.05, 0.1) is 11.3 Å². The summed E-state index contributed by atoms with van der Waals surface area (Å²) < 4.78 is 39.9. The molecular formula is C15H18F3N3. The topological polar surface area (TPSA) is 43.8 Å². The summed E-state index contributed by atoms with van der Waals surface area (Å²) in [5, 5.41) is 4.43. The molecule has 114 valence electrons. The number of aryl methyl sites for hydroxylation is 2. The second-order valence-electron chi connectivity index (χ2n) is 5.07. The molecule has 1 aromatic heterocycles. The summed E-state index contributed by atoms with van der Waals surface area (Å²) in [6.07, 6.45) is -3.45. The average Bonchev–Trinajstić information content (AvgIpc) is 2.64. The molecule has 21 heavy (non-hydrogen) atoms. The van der Waals surface area contributed by atoms with Crippen LogP contribution in [-0.4, -0.2) is 9.78 Å². The molecule has 0 spiro atoms. The molecule has 0 fully saturated rings.